The van der Waals surface area contributed by atoms with Gasteiger partial charge >= 0.3 is 88.7 Å². The Morgan fingerprint density at radius 3 is 1.07 bits per heavy atom. The fourth-order valence-electron chi connectivity index (χ4n) is 2.00. The molecule has 0 aromatic rings. The van der Waals surface area contributed by atoms with Crippen molar-refractivity contribution in [2.45, 2.75) is 36.6 Å². The van der Waals surface area contributed by atoms with Crippen LogP contribution >= 0.6 is 23.5 Å². The molecule has 6 N–H and O–H groups in total. The summed E-state index contributed by atoms with van der Waals surface area (Å²) in [6, 6.07) is 0. The summed E-state index contributed by atoms with van der Waals surface area (Å²) in [7, 11) is -17.0. The van der Waals surface area contributed by atoms with Gasteiger partial charge in [-0.3, -0.25) is 13.7 Å². The molecule has 1 rings (SSSR count). The third-order valence-corrected chi connectivity index (χ3v) is 4.31. The first-order valence-electron chi connectivity index (χ1n) is 5.72. The first kappa shape index (κ1) is 34.8. The number of phosphoric ester groups is 3. The maximum absolute atomic E-state index is 10.8. The van der Waals surface area contributed by atoms with Crippen LogP contribution in [0.25, 0.3) is 0 Å². The fraction of sp³-hybridized carbons (Fsp3) is 1.00. The van der Waals surface area contributed by atoms with Gasteiger partial charge in [0.05, 0.1) is 0 Å². The summed E-state index contributed by atoms with van der Waals surface area (Å²) >= 11 is 0. The molecule has 15 nitrogen and oxygen atoms in total. The molecule has 9 atom stereocenters. The van der Waals surface area contributed by atoms with Gasteiger partial charge in [0.1, 0.15) is 36.6 Å². The first-order valence-corrected chi connectivity index (χ1v) is 10.2. The van der Waals surface area contributed by atoms with Crippen LogP contribution in [0.3, 0.4) is 0 Å². The number of hydrogen-bond acceptors (Lipinski definition) is 12. The zero-order valence-corrected chi connectivity index (χ0v) is 22.8. The van der Waals surface area contributed by atoms with Crippen molar-refractivity contribution >= 4 is 23.5 Å². The molecule has 1 fully saturated rings. The summed E-state index contributed by atoms with van der Waals surface area (Å²) in [5.74, 6) is 0. The molecule has 1 aliphatic carbocycles. The molecule has 0 heterocycles. The molecular formula is C6H12Na3O15P3. The van der Waals surface area contributed by atoms with Crippen LogP contribution in [0.1, 0.15) is 0 Å². The third-order valence-electron chi connectivity index (χ3n) is 2.78. The van der Waals surface area contributed by atoms with E-state index in [1.54, 1.807) is 0 Å². The number of rotatable bonds is 6. The second-order valence-corrected chi connectivity index (χ2v) is 8.03. The van der Waals surface area contributed by atoms with Crippen molar-refractivity contribution in [3.63, 3.8) is 0 Å². The number of aliphatic hydroxyl groups excluding tert-OH is 3. The number of aliphatic hydroxyl groups is 3. The Balaban J connectivity index is -0.00000192. The summed E-state index contributed by atoms with van der Waals surface area (Å²) in [4.78, 5) is 58.0. The van der Waals surface area contributed by atoms with Gasteiger partial charge in [-0.1, -0.05) is 0 Å². The molecule has 0 aliphatic heterocycles. The Hall–Kier alpha value is 3.21. The van der Waals surface area contributed by atoms with Gasteiger partial charge in [-0.2, -0.15) is 0 Å². The van der Waals surface area contributed by atoms with Crippen molar-refractivity contribution in [2.24, 2.45) is 0 Å². The molecule has 27 heavy (non-hydrogen) atoms. The summed E-state index contributed by atoms with van der Waals surface area (Å²) in [6.45, 7) is 0. The van der Waals surface area contributed by atoms with Crippen molar-refractivity contribution in [3.05, 3.63) is 0 Å². The molecule has 144 valence electrons. The van der Waals surface area contributed by atoms with Crippen LogP contribution in [0, 0.1) is 0 Å². The minimum atomic E-state index is -5.72. The van der Waals surface area contributed by atoms with Gasteiger partial charge in [-0.15, -0.1) is 0 Å². The van der Waals surface area contributed by atoms with Gasteiger partial charge in [-0.25, -0.2) is 0 Å². The van der Waals surface area contributed by atoms with Crippen molar-refractivity contribution in [1.29, 1.82) is 0 Å². The molecular weight excluding hydrogens is 474 g/mol. The summed E-state index contributed by atoms with van der Waals surface area (Å²) in [5, 5.41) is 29.1. The molecule has 0 bridgehead atoms. The van der Waals surface area contributed by atoms with Crippen LogP contribution in [0.4, 0.5) is 0 Å². The largest absolute Gasteiger partial charge is 1.00 e. The van der Waals surface area contributed by atoms with E-state index >= 15 is 0 Å². The Bertz CT molecular complexity index is 587. The molecule has 0 spiro atoms. The van der Waals surface area contributed by atoms with Crippen molar-refractivity contribution in [1.82, 2.24) is 0 Å². The normalized spacial score (nSPS) is 37.2. The first-order chi connectivity index (χ1) is 10.5. The van der Waals surface area contributed by atoms with Crippen LogP contribution in [0.15, 0.2) is 0 Å². The van der Waals surface area contributed by atoms with Gasteiger partial charge in [0, 0.05) is 0 Å². The summed E-state index contributed by atoms with van der Waals surface area (Å²) in [6.07, 6.45) is -15.0. The zero-order chi connectivity index (χ0) is 19.1. The average molecular weight is 486 g/mol. The Morgan fingerprint density at radius 1 is 0.556 bits per heavy atom. The molecule has 21 heteroatoms. The molecule has 0 saturated heterocycles. The van der Waals surface area contributed by atoms with E-state index in [1.165, 1.54) is 0 Å². The van der Waals surface area contributed by atoms with Gasteiger partial charge in [0.15, 0.2) is 0 Å². The van der Waals surface area contributed by atoms with Crippen LogP contribution in [0.2, 0.25) is 0 Å². The predicted octanol–water partition coefficient (Wildman–Crippen LogP) is -14.4. The van der Waals surface area contributed by atoms with Gasteiger partial charge in [-0.05, 0) is 0 Å². The molecule has 1 aliphatic rings. The monoisotopic (exact) mass is 486 g/mol. The minimum Gasteiger partial charge on any atom is -0.756 e. The van der Waals surface area contributed by atoms with E-state index in [0.717, 1.165) is 0 Å². The van der Waals surface area contributed by atoms with Crippen LogP contribution in [0.5, 0.6) is 0 Å². The van der Waals surface area contributed by atoms with Crippen LogP contribution in [-0.4, -0.2) is 66.6 Å². The predicted molar refractivity (Wildman–Crippen MR) is 62.1 cm³/mol. The SMILES string of the molecule is O=P([O-])(O)O[C@@H]1[C@@H](O)[C@@H](O)[C@@H](OP(=O)([O-])O)[C@H](OP(=O)([O-])O)[C@H]1O.[Na+].[Na+].[Na+]. The van der Waals surface area contributed by atoms with E-state index < -0.39 is 60.1 Å². The topological polar surface area (TPSA) is 269 Å². The van der Waals surface area contributed by atoms with E-state index in [0.29, 0.717) is 0 Å². The summed E-state index contributed by atoms with van der Waals surface area (Å²) < 4.78 is 43.9. The van der Waals surface area contributed by atoms with Gasteiger partial charge < -0.3 is 58.3 Å². The van der Waals surface area contributed by atoms with E-state index in [1.807, 2.05) is 0 Å². The van der Waals surface area contributed by atoms with Crippen LogP contribution < -0.4 is 103 Å². The Morgan fingerprint density at radius 2 is 0.778 bits per heavy atom. The number of phosphoric acid groups is 3. The van der Waals surface area contributed by atoms with E-state index in [-0.39, 0.29) is 88.7 Å². The van der Waals surface area contributed by atoms with Gasteiger partial charge in [0.2, 0.25) is 0 Å². The van der Waals surface area contributed by atoms with Gasteiger partial charge in [0.25, 0.3) is 23.5 Å². The molecule has 1 saturated carbocycles. The zero-order valence-electron chi connectivity index (χ0n) is 14.2. The second kappa shape index (κ2) is 13.0. The quantitative estimate of drug-likeness (QED) is 0.150. The second-order valence-electron chi connectivity index (χ2n) is 4.59. The third kappa shape index (κ3) is 12.1. The standard InChI is InChI=1S/C6H15O15P3.3Na/c7-1-2(8)5(20-23(13,14)15)6(21-24(16,17)18)3(9)4(1)19-22(10,11)12;;;/h1-9H,(H2,10,11,12)(H2,13,14,15)(H2,16,17,18);;;/q;3*+1/p-3/t1-,2+,3-,4+,5+,6+;;;/m0.../s1. The summed E-state index contributed by atoms with van der Waals surface area (Å²) in [5.41, 5.74) is 0. The Kier molecular flexibility index (Phi) is 16.8. The molecule has 0 aromatic carbocycles. The molecule has 0 aromatic heterocycles. The van der Waals surface area contributed by atoms with E-state index in [2.05, 4.69) is 13.6 Å². The number of hydrogen-bond donors (Lipinski definition) is 6. The molecule has 0 amide bonds. The maximum atomic E-state index is 10.8. The van der Waals surface area contributed by atoms with Crippen LogP contribution in [-0.2, 0) is 27.3 Å². The smallest absolute Gasteiger partial charge is 0.756 e. The van der Waals surface area contributed by atoms with Crippen molar-refractivity contribution < 1.29 is 161 Å². The van der Waals surface area contributed by atoms with Crippen molar-refractivity contribution in [2.75, 3.05) is 0 Å². The fourth-order valence-corrected chi connectivity index (χ4v) is 3.66. The average Bonchev–Trinajstić information content (AvgIpc) is 2.32. The molecule has 0 radical (unpaired) electrons. The van der Waals surface area contributed by atoms with Crippen molar-refractivity contribution in [3.8, 4) is 0 Å². The van der Waals surface area contributed by atoms with E-state index in [4.69, 9.17) is 14.7 Å². The Labute approximate surface area is 218 Å². The van der Waals surface area contributed by atoms with E-state index in [9.17, 15) is 43.7 Å². The minimum absolute atomic E-state index is 0. The maximum Gasteiger partial charge on any atom is 1.00 e. The molecule has 3 unspecified atom stereocenters.